The van der Waals surface area contributed by atoms with Gasteiger partial charge in [-0.05, 0) is 65.9 Å². The number of hydrogen-bond acceptors (Lipinski definition) is 3. The maximum atomic E-state index is 13.7. The molecule has 1 unspecified atom stereocenters. The van der Waals surface area contributed by atoms with Gasteiger partial charge in [0.2, 0.25) is 0 Å². The van der Waals surface area contributed by atoms with Gasteiger partial charge >= 0.3 is 18.6 Å². The van der Waals surface area contributed by atoms with E-state index in [1.54, 1.807) is 0 Å². The van der Waals surface area contributed by atoms with Crippen molar-refractivity contribution in [2.75, 3.05) is 0 Å². The third kappa shape index (κ3) is 7.15. The molecule has 5 nitrogen and oxygen atoms in total. The normalized spacial score (nSPS) is 15.9. The topological polar surface area (TPSA) is 70.6 Å². The molecule has 3 aromatic rings. The molecule has 1 fully saturated rings. The number of urea groups is 1. The maximum absolute atomic E-state index is 13.7. The summed E-state index contributed by atoms with van der Waals surface area (Å²) in [7, 11) is 0. The number of benzene rings is 3. The van der Waals surface area contributed by atoms with Crippen LogP contribution in [-0.4, -0.2) is 23.5 Å². The fourth-order valence-corrected chi connectivity index (χ4v) is 4.88. The van der Waals surface area contributed by atoms with E-state index in [0.717, 1.165) is 49.9 Å². The van der Waals surface area contributed by atoms with Gasteiger partial charge in [-0.2, -0.15) is 13.2 Å². The summed E-state index contributed by atoms with van der Waals surface area (Å²) in [5.41, 5.74) is -2.19. The Morgan fingerprint density at radius 2 is 1.44 bits per heavy atom. The van der Waals surface area contributed by atoms with Crippen LogP contribution in [0.5, 0.6) is 11.5 Å². The van der Waals surface area contributed by atoms with E-state index in [9.17, 15) is 36.2 Å². The summed E-state index contributed by atoms with van der Waals surface area (Å²) in [6.45, 7) is 0. The molecule has 0 saturated heterocycles. The summed E-state index contributed by atoms with van der Waals surface area (Å²) < 4.78 is 84.5. The van der Waals surface area contributed by atoms with Crippen molar-refractivity contribution in [3.8, 4) is 11.5 Å². The zero-order valence-electron chi connectivity index (χ0n) is 20.6. The highest BCUT2D eigenvalue weighted by Crippen LogP contribution is 2.39. The van der Waals surface area contributed by atoms with Crippen molar-refractivity contribution in [2.45, 2.75) is 56.2 Å². The van der Waals surface area contributed by atoms with Crippen LogP contribution in [0, 0.1) is 0 Å². The van der Waals surface area contributed by atoms with E-state index in [2.05, 4.69) is 15.4 Å². The first-order chi connectivity index (χ1) is 18.3. The highest BCUT2D eigenvalue weighted by atomic mass is 19.4. The van der Waals surface area contributed by atoms with Gasteiger partial charge in [0.1, 0.15) is 11.5 Å². The Morgan fingerprint density at radius 3 is 2.05 bits per heavy atom. The average molecular weight is 553 g/mol. The molecule has 1 atom stereocenters. The van der Waals surface area contributed by atoms with Gasteiger partial charge in [-0.15, -0.1) is 13.2 Å². The van der Waals surface area contributed by atoms with E-state index in [-0.39, 0.29) is 29.3 Å². The third-order valence-corrected chi connectivity index (χ3v) is 6.67. The van der Waals surface area contributed by atoms with Gasteiger partial charge in [0.05, 0.1) is 11.1 Å². The molecule has 0 heterocycles. The smallest absolute Gasteiger partial charge is 0.508 e. The largest absolute Gasteiger partial charge is 0.573 e. The summed E-state index contributed by atoms with van der Waals surface area (Å²) in [6.07, 6.45) is -6.59. The molecule has 1 aliphatic carbocycles. The number of phenols is 1. The lowest BCUT2D eigenvalue weighted by atomic mass is 9.77. The van der Waals surface area contributed by atoms with E-state index in [1.165, 1.54) is 48.5 Å². The first kappa shape index (κ1) is 28.1. The number of nitrogens with one attached hydrogen (secondary N) is 2. The zero-order valence-corrected chi connectivity index (χ0v) is 20.6. The molecule has 4 rings (SSSR count). The number of rotatable bonds is 7. The Bertz CT molecular complexity index is 1290. The highest BCUT2D eigenvalue weighted by Gasteiger charge is 2.40. The monoisotopic (exact) mass is 552 g/mol. The second kappa shape index (κ2) is 11.1. The molecule has 1 saturated carbocycles. The molecule has 0 bridgehead atoms. The van der Waals surface area contributed by atoms with Crippen molar-refractivity contribution < 1.29 is 41.0 Å². The van der Waals surface area contributed by atoms with Gasteiger partial charge in [-0.3, -0.25) is 0 Å². The summed E-state index contributed by atoms with van der Waals surface area (Å²) in [5.74, 6) is -0.656. The van der Waals surface area contributed by atoms with Crippen molar-refractivity contribution in [3.05, 3.63) is 95.1 Å². The molecule has 3 aromatic carbocycles. The second-order valence-corrected chi connectivity index (χ2v) is 9.48. The molecule has 3 N–H and O–H groups in total. The summed E-state index contributed by atoms with van der Waals surface area (Å²) >= 11 is 0. The lowest BCUT2D eigenvalue weighted by Crippen LogP contribution is -2.53. The molecule has 0 aromatic heterocycles. The average Bonchev–Trinajstić information content (AvgIpc) is 3.36. The van der Waals surface area contributed by atoms with Gasteiger partial charge in [0.25, 0.3) is 0 Å². The number of hydrogen-bond donors (Lipinski definition) is 3. The van der Waals surface area contributed by atoms with Crippen molar-refractivity contribution in [3.63, 3.8) is 0 Å². The van der Waals surface area contributed by atoms with E-state index in [1.807, 2.05) is 0 Å². The standard InChI is InChI=1S/C28H26F6N2O3/c29-27(30,31)21-7-3-5-19(15-21)26(17-18-11-13-23(37)14-12-18,36-25(38)35-22-8-1-2-9-22)20-6-4-10-24(16-20)39-28(32,33)34/h3-7,10-16,22,37H,1-2,8-9,17H2,(H2,35,36,38). The fourth-order valence-electron chi connectivity index (χ4n) is 4.88. The Hall–Kier alpha value is -3.89. The Balaban J connectivity index is 1.89. The molecule has 39 heavy (non-hydrogen) atoms. The van der Waals surface area contributed by atoms with Crippen LogP contribution in [0.15, 0.2) is 72.8 Å². The van der Waals surface area contributed by atoms with Gasteiger partial charge in [-0.1, -0.05) is 49.2 Å². The maximum Gasteiger partial charge on any atom is 0.573 e. The lowest BCUT2D eigenvalue weighted by Gasteiger charge is -2.37. The second-order valence-electron chi connectivity index (χ2n) is 9.48. The zero-order chi connectivity index (χ0) is 28.3. The number of carbonyl (C=O) groups excluding carboxylic acids is 1. The van der Waals surface area contributed by atoms with Gasteiger partial charge in [-0.25, -0.2) is 4.79 Å². The third-order valence-electron chi connectivity index (χ3n) is 6.67. The number of alkyl halides is 6. The first-order valence-electron chi connectivity index (χ1n) is 12.2. The van der Waals surface area contributed by atoms with Crippen LogP contribution in [0.2, 0.25) is 0 Å². The minimum atomic E-state index is -5.01. The van der Waals surface area contributed by atoms with E-state index in [0.29, 0.717) is 5.56 Å². The van der Waals surface area contributed by atoms with Crippen LogP contribution in [0.1, 0.15) is 47.9 Å². The Labute approximate surface area is 220 Å². The van der Waals surface area contributed by atoms with Crippen molar-refractivity contribution in [1.29, 1.82) is 0 Å². The summed E-state index contributed by atoms with van der Waals surface area (Å²) in [6, 6.07) is 14.0. The molecular formula is C28H26F6N2O3. The number of carbonyl (C=O) groups is 1. The van der Waals surface area contributed by atoms with E-state index >= 15 is 0 Å². The lowest BCUT2D eigenvalue weighted by molar-refractivity contribution is -0.274. The molecule has 0 radical (unpaired) electrons. The predicted octanol–water partition coefficient (Wildman–Crippen LogP) is 7.04. The van der Waals surface area contributed by atoms with Crippen LogP contribution < -0.4 is 15.4 Å². The number of amides is 2. The van der Waals surface area contributed by atoms with Crippen LogP contribution in [0.4, 0.5) is 31.1 Å². The van der Waals surface area contributed by atoms with Crippen LogP contribution in [0.25, 0.3) is 0 Å². The Kier molecular flexibility index (Phi) is 7.99. The SMILES string of the molecule is O=C(NC1CCCC1)NC(Cc1ccc(O)cc1)(c1cccc(OC(F)(F)F)c1)c1cccc(C(F)(F)F)c1. The number of ether oxygens (including phenoxy) is 1. The van der Waals surface area contributed by atoms with E-state index < -0.39 is 35.4 Å². The molecule has 11 heteroatoms. The minimum absolute atomic E-state index is 0.00358. The van der Waals surface area contributed by atoms with Gasteiger partial charge in [0, 0.05) is 12.5 Å². The van der Waals surface area contributed by atoms with Crippen molar-refractivity contribution in [2.24, 2.45) is 0 Å². The van der Waals surface area contributed by atoms with Gasteiger partial charge < -0.3 is 20.5 Å². The van der Waals surface area contributed by atoms with Crippen LogP contribution in [0.3, 0.4) is 0 Å². The van der Waals surface area contributed by atoms with E-state index in [4.69, 9.17) is 0 Å². The Morgan fingerprint density at radius 1 is 0.846 bits per heavy atom. The van der Waals surface area contributed by atoms with Crippen molar-refractivity contribution >= 4 is 6.03 Å². The van der Waals surface area contributed by atoms with Crippen LogP contribution >= 0.6 is 0 Å². The summed E-state index contributed by atoms with van der Waals surface area (Å²) in [5, 5.41) is 15.4. The fraction of sp³-hybridized carbons (Fsp3) is 0.321. The predicted molar refractivity (Wildman–Crippen MR) is 131 cm³/mol. The molecule has 0 spiro atoms. The van der Waals surface area contributed by atoms with Crippen molar-refractivity contribution in [1.82, 2.24) is 10.6 Å². The highest BCUT2D eigenvalue weighted by molar-refractivity contribution is 5.76. The molecule has 208 valence electrons. The minimum Gasteiger partial charge on any atom is -0.508 e. The number of phenolic OH excluding ortho intramolecular Hbond substituents is 1. The quantitative estimate of drug-likeness (QED) is 0.276. The molecule has 0 aliphatic heterocycles. The molecule has 1 aliphatic rings. The molecular weight excluding hydrogens is 526 g/mol. The number of halogens is 6. The summed E-state index contributed by atoms with van der Waals surface area (Å²) in [4.78, 5) is 13.3. The van der Waals surface area contributed by atoms with Gasteiger partial charge in [0.15, 0.2) is 0 Å². The number of aromatic hydroxyl groups is 1. The van der Waals surface area contributed by atoms with Crippen LogP contribution in [-0.2, 0) is 18.1 Å². The molecule has 2 amide bonds. The first-order valence-corrected chi connectivity index (χ1v) is 12.2.